The van der Waals surface area contributed by atoms with Gasteiger partial charge in [0.2, 0.25) is 0 Å². The summed E-state index contributed by atoms with van der Waals surface area (Å²) in [4.78, 5) is 31.8. The zero-order valence-corrected chi connectivity index (χ0v) is 17.3. The third kappa shape index (κ3) is 3.56. The minimum absolute atomic E-state index is 0.0178. The van der Waals surface area contributed by atoms with Crippen LogP contribution in [0.25, 0.3) is 11.1 Å². The Morgan fingerprint density at radius 1 is 1.10 bits per heavy atom. The van der Waals surface area contributed by atoms with Crippen molar-refractivity contribution in [2.24, 2.45) is 5.92 Å². The molecular weight excluding hydrogens is 392 g/mol. The molecule has 1 aromatic carbocycles. The van der Waals surface area contributed by atoms with Crippen LogP contribution in [-0.2, 0) is 6.54 Å². The largest absolute Gasteiger partial charge is 0.495 e. The van der Waals surface area contributed by atoms with E-state index in [0.717, 1.165) is 23.2 Å². The lowest BCUT2D eigenvalue weighted by Crippen LogP contribution is -2.50. The van der Waals surface area contributed by atoms with E-state index in [4.69, 9.17) is 4.74 Å². The first-order chi connectivity index (χ1) is 15.1. The Morgan fingerprint density at radius 2 is 1.97 bits per heavy atom. The van der Waals surface area contributed by atoms with Gasteiger partial charge in [-0.15, -0.1) is 0 Å². The van der Waals surface area contributed by atoms with Crippen molar-refractivity contribution in [3.05, 3.63) is 77.0 Å². The van der Waals surface area contributed by atoms with Crippen molar-refractivity contribution < 1.29 is 9.53 Å². The molecule has 2 aliphatic rings. The van der Waals surface area contributed by atoms with Crippen molar-refractivity contribution in [3.63, 3.8) is 0 Å². The molecule has 0 aliphatic carbocycles. The number of hydrogen-bond donors (Lipinski definition) is 1. The van der Waals surface area contributed by atoms with Crippen LogP contribution in [0, 0.1) is 5.92 Å². The van der Waals surface area contributed by atoms with Crippen LogP contribution in [0.2, 0.25) is 0 Å². The number of amides is 2. The number of rotatable bonds is 3. The van der Waals surface area contributed by atoms with Gasteiger partial charge in [0.25, 0.3) is 5.56 Å². The molecule has 2 aromatic heterocycles. The van der Waals surface area contributed by atoms with E-state index in [9.17, 15) is 9.59 Å². The number of hydrogen-bond acceptors (Lipinski definition) is 4. The standard InChI is InChI=1S/C24H24N4O3/c1-31-21-7-3-2-6-20(21)26-24(30)27-13-16-11-18(15-27)23-19(17-5-4-10-25-12-17)8-9-22(29)28(23)14-16/h2-10,12,16,18H,11,13-15H2,1H3,(H,26,30)/t16-,18+/m0/s1. The molecule has 1 saturated heterocycles. The van der Waals surface area contributed by atoms with Crippen LogP contribution in [0.4, 0.5) is 10.5 Å². The number of para-hydroxylation sites is 2. The second kappa shape index (κ2) is 7.91. The van der Waals surface area contributed by atoms with Gasteiger partial charge in [-0.1, -0.05) is 18.2 Å². The fraction of sp³-hybridized carbons (Fsp3) is 0.292. The maximum atomic E-state index is 13.1. The number of pyridine rings is 2. The number of fused-ring (bicyclic) bond motifs is 4. The molecule has 0 saturated carbocycles. The van der Waals surface area contributed by atoms with Crippen LogP contribution in [0.15, 0.2) is 65.7 Å². The molecule has 2 aliphatic heterocycles. The van der Waals surface area contributed by atoms with Crippen molar-refractivity contribution in [2.45, 2.75) is 18.9 Å². The highest BCUT2D eigenvalue weighted by atomic mass is 16.5. The zero-order chi connectivity index (χ0) is 21.4. The molecule has 3 aromatic rings. The predicted octanol–water partition coefficient (Wildman–Crippen LogP) is 3.57. The Kier molecular flexibility index (Phi) is 4.94. The number of aromatic nitrogens is 2. The number of urea groups is 1. The molecule has 158 valence electrons. The molecule has 0 radical (unpaired) electrons. The summed E-state index contributed by atoms with van der Waals surface area (Å²) >= 11 is 0. The van der Waals surface area contributed by atoms with Gasteiger partial charge in [0.05, 0.1) is 12.8 Å². The van der Waals surface area contributed by atoms with Gasteiger partial charge in [-0.05, 0) is 36.6 Å². The van der Waals surface area contributed by atoms with Crippen LogP contribution in [-0.4, -0.2) is 40.7 Å². The van der Waals surface area contributed by atoms with Gasteiger partial charge in [0.1, 0.15) is 5.75 Å². The predicted molar refractivity (Wildman–Crippen MR) is 118 cm³/mol. The minimum Gasteiger partial charge on any atom is -0.495 e. The summed E-state index contributed by atoms with van der Waals surface area (Å²) in [5, 5.41) is 2.99. The van der Waals surface area contributed by atoms with Crippen molar-refractivity contribution >= 4 is 11.7 Å². The summed E-state index contributed by atoms with van der Waals surface area (Å²) in [6.45, 7) is 1.81. The SMILES string of the molecule is COc1ccccc1NC(=O)N1C[C@@H]2C[C@H](C1)c1c(-c3cccnc3)ccc(=O)n1C2. The van der Waals surface area contributed by atoms with Crippen LogP contribution in [0.3, 0.4) is 0 Å². The van der Waals surface area contributed by atoms with E-state index in [-0.39, 0.29) is 23.4 Å². The molecule has 7 heteroatoms. The number of likely N-dealkylation sites (tertiary alicyclic amines) is 1. The molecule has 1 fully saturated rings. The first-order valence-electron chi connectivity index (χ1n) is 10.5. The number of piperidine rings is 1. The molecular formula is C24H24N4O3. The minimum atomic E-state index is -0.145. The van der Waals surface area contributed by atoms with E-state index >= 15 is 0 Å². The Bertz CT molecular complexity index is 1170. The Morgan fingerprint density at radius 3 is 2.77 bits per heavy atom. The highest BCUT2D eigenvalue weighted by molar-refractivity contribution is 5.91. The highest BCUT2D eigenvalue weighted by Gasteiger charge is 2.38. The molecule has 0 spiro atoms. The van der Waals surface area contributed by atoms with Gasteiger partial charge in [-0.25, -0.2) is 4.79 Å². The van der Waals surface area contributed by atoms with Gasteiger partial charge in [0, 0.05) is 60.8 Å². The van der Waals surface area contributed by atoms with Gasteiger partial charge in [-0.2, -0.15) is 0 Å². The number of nitrogens with zero attached hydrogens (tertiary/aromatic N) is 3. The normalized spacial score (nSPS) is 19.5. The summed E-state index contributed by atoms with van der Waals surface area (Å²) in [6.07, 6.45) is 4.53. The van der Waals surface area contributed by atoms with Crippen LogP contribution >= 0.6 is 0 Å². The molecule has 5 rings (SSSR count). The quantitative estimate of drug-likeness (QED) is 0.708. The van der Waals surface area contributed by atoms with Crippen LogP contribution < -0.4 is 15.6 Å². The van der Waals surface area contributed by atoms with Gasteiger partial charge in [0.15, 0.2) is 0 Å². The molecule has 2 amide bonds. The molecule has 2 bridgehead atoms. The fourth-order valence-corrected chi connectivity index (χ4v) is 4.89. The van der Waals surface area contributed by atoms with Crippen molar-refractivity contribution in [3.8, 4) is 16.9 Å². The Balaban J connectivity index is 1.46. The van der Waals surface area contributed by atoms with Crippen LogP contribution in [0.1, 0.15) is 18.0 Å². The maximum absolute atomic E-state index is 13.1. The lowest BCUT2D eigenvalue weighted by Gasteiger charge is -2.43. The lowest BCUT2D eigenvalue weighted by atomic mass is 9.81. The zero-order valence-electron chi connectivity index (χ0n) is 17.3. The summed E-state index contributed by atoms with van der Waals surface area (Å²) in [6, 6.07) is 14.7. The monoisotopic (exact) mass is 416 g/mol. The maximum Gasteiger partial charge on any atom is 0.321 e. The van der Waals surface area contributed by atoms with E-state index < -0.39 is 0 Å². The summed E-state index contributed by atoms with van der Waals surface area (Å²) in [7, 11) is 1.59. The third-order valence-electron chi connectivity index (χ3n) is 6.20. The fourth-order valence-electron chi connectivity index (χ4n) is 4.89. The number of carbonyl (C=O) groups excluding carboxylic acids is 1. The van der Waals surface area contributed by atoms with Gasteiger partial charge in [-0.3, -0.25) is 9.78 Å². The van der Waals surface area contributed by atoms with Gasteiger partial charge < -0.3 is 19.5 Å². The average molecular weight is 416 g/mol. The highest BCUT2D eigenvalue weighted by Crippen LogP contribution is 2.40. The molecule has 31 heavy (non-hydrogen) atoms. The molecule has 0 unspecified atom stereocenters. The van der Waals surface area contributed by atoms with Crippen molar-refractivity contribution in [1.82, 2.24) is 14.5 Å². The smallest absolute Gasteiger partial charge is 0.321 e. The van der Waals surface area contributed by atoms with E-state index in [0.29, 0.717) is 31.1 Å². The molecule has 7 nitrogen and oxygen atoms in total. The van der Waals surface area contributed by atoms with E-state index in [1.807, 2.05) is 58.1 Å². The first kappa shape index (κ1) is 19.4. The summed E-state index contributed by atoms with van der Waals surface area (Å²) < 4.78 is 7.25. The Labute approximate surface area is 180 Å². The lowest BCUT2D eigenvalue weighted by molar-refractivity contribution is 0.140. The topological polar surface area (TPSA) is 76.5 Å². The second-order valence-electron chi connectivity index (χ2n) is 8.16. The van der Waals surface area contributed by atoms with E-state index in [1.165, 1.54) is 0 Å². The molecule has 1 N–H and O–H groups in total. The number of methoxy groups -OCH3 is 1. The summed E-state index contributed by atoms with van der Waals surface area (Å²) in [5.41, 5.74) is 3.68. The third-order valence-corrected chi connectivity index (χ3v) is 6.20. The first-order valence-corrected chi connectivity index (χ1v) is 10.5. The number of anilines is 1. The van der Waals surface area contributed by atoms with Crippen LogP contribution in [0.5, 0.6) is 5.75 Å². The number of benzene rings is 1. The Hall–Kier alpha value is -3.61. The molecule has 2 atom stereocenters. The van der Waals surface area contributed by atoms with Crippen molar-refractivity contribution in [2.75, 3.05) is 25.5 Å². The number of ether oxygens (including phenoxy) is 1. The number of nitrogens with one attached hydrogen (secondary N) is 1. The van der Waals surface area contributed by atoms with E-state index in [1.54, 1.807) is 19.4 Å². The number of carbonyl (C=O) groups is 1. The average Bonchev–Trinajstić information content (AvgIpc) is 2.80. The van der Waals surface area contributed by atoms with E-state index in [2.05, 4.69) is 10.3 Å². The summed E-state index contributed by atoms with van der Waals surface area (Å²) in [5.74, 6) is 0.973. The van der Waals surface area contributed by atoms with Crippen molar-refractivity contribution in [1.29, 1.82) is 0 Å². The van der Waals surface area contributed by atoms with Gasteiger partial charge >= 0.3 is 6.03 Å². The molecule has 4 heterocycles. The second-order valence-corrected chi connectivity index (χ2v) is 8.16.